The van der Waals surface area contributed by atoms with Gasteiger partial charge in [-0.25, -0.2) is 4.79 Å². The van der Waals surface area contributed by atoms with Gasteiger partial charge in [0, 0.05) is 16.2 Å². The van der Waals surface area contributed by atoms with Crippen LogP contribution in [-0.4, -0.2) is 35.5 Å². The van der Waals surface area contributed by atoms with Crippen molar-refractivity contribution in [1.82, 2.24) is 0 Å². The van der Waals surface area contributed by atoms with Crippen LogP contribution < -0.4 is 4.74 Å². The molecule has 0 radical (unpaired) electrons. The van der Waals surface area contributed by atoms with E-state index < -0.39 is 23.5 Å². The van der Waals surface area contributed by atoms with Crippen LogP contribution in [-0.2, 0) is 9.59 Å². The van der Waals surface area contributed by atoms with Crippen LogP contribution in [0.5, 0.6) is 5.75 Å². The number of hydrogen-bond donors (Lipinski definition) is 1. The minimum absolute atomic E-state index is 0.157. The molecule has 5 nitrogen and oxygen atoms in total. The van der Waals surface area contributed by atoms with Crippen molar-refractivity contribution in [3.8, 4) is 5.75 Å². The molecule has 94 valence electrons. The number of carbonyl (C=O) groups is 3. The topological polar surface area (TPSA) is 80.7 Å². The van der Waals surface area contributed by atoms with Gasteiger partial charge in [0.25, 0.3) is 5.78 Å². The molecule has 0 amide bonds. The SMILES string of the molecule is COc1ccc2c(c1)SCC(C(=O)C(=O)O)C2=O. The lowest BCUT2D eigenvalue weighted by molar-refractivity contribution is -0.150. The third-order valence-electron chi connectivity index (χ3n) is 2.70. The average Bonchev–Trinajstić information content (AvgIpc) is 2.37. The average molecular weight is 266 g/mol. The third kappa shape index (κ3) is 2.11. The maximum absolute atomic E-state index is 12.0. The number of Topliss-reactive ketones (excluding diaryl/α,β-unsaturated/α-hetero) is 2. The number of carboxylic acids is 1. The van der Waals surface area contributed by atoms with E-state index in [0.717, 1.165) is 0 Å². The molecule has 0 aliphatic carbocycles. The molecule has 1 aromatic carbocycles. The van der Waals surface area contributed by atoms with Gasteiger partial charge in [-0.15, -0.1) is 11.8 Å². The summed E-state index contributed by atoms with van der Waals surface area (Å²) in [6.07, 6.45) is 0. The van der Waals surface area contributed by atoms with Crippen molar-refractivity contribution in [2.24, 2.45) is 5.92 Å². The molecule has 0 spiro atoms. The Balaban J connectivity index is 2.34. The molecule has 1 N–H and O–H groups in total. The third-order valence-corrected chi connectivity index (χ3v) is 3.85. The van der Waals surface area contributed by atoms with Gasteiger partial charge in [0.2, 0.25) is 0 Å². The normalized spacial score (nSPS) is 18.1. The summed E-state index contributed by atoms with van der Waals surface area (Å²) in [5.41, 5.74) is 0.381. The van der Waals surface area contributed by atoms with Gasteiger partial charge in [-0.2, -0.15) is 0 Å². The Morgan fingerprint density at radius 3 is 2.78 bits per heavy atom. The van der Waals surface area contributed by atoms with E-state index in [9.17, 15) is 14.4 Å². The van der Waals surface area contributed by atoms with E-state index >= 15 is 0 Å². The van der Waals surface area contributed by atoms with Gasteiger partial charge in [-0.1, -0.05) is 0 Å². The fraction of sp³-hybridized carbons (Fsp3) is 0.250. The van der Waals surface area contributed by atoms with Gasteiger partial charge >= 0.3 is 5.97 Å². The Morgan fingerprint density at radius 2 is 2.17 bits per heavy atom. The summed E-state index contributed by atoms with van der Waals surface area (Å²) in [5.74, 6) is -3.35. The summed E-state index contributed by atoms with van der Waals surface area (Å²) in [5, 5.41) is 8.65. The molecule has 1 aliphatic heterocycles. The first-order valence-electron chi connectivity index (χ1n) is 5.16. The van der Waals surface area contributed by atoms with Crippen LogP contribution in [0.2, 0.25) is 0 Å². The fourth-order valence-electron chi connectivity index (χ4n) is 1.73. The first kappa shape index (κ1) is 12.6. The van der Waals surface area contributed by atoms with Crippen molar-refractivity contribution in [3.05, 3.63) is 23.8 Å². The number of methoxy groups -OCH3 is 1. The lowest BCUT2D eigenvalue weighted by Gasteiger charge is -2.20. The predicted octanol–water partition coefficient (Wildman–Crippen LogP) is 1.25. The largest absolute Gasteiger partial charge is 0.497 e. The molecule has 0 saturated carbocycles. The Kier molecular flexibility index (Phi) is 3.38. The molecular weight excluding hydrogens is 256 g/mol. The predicted molar refractivity (Wildman–Crippen MR) is 64.2 cm³/mol. The van der Waals surface area contributed by atoms with Gasteiger partial charge in [0.05, 0.1) is 7.11 Å². The number of rotatable bonds is 3. The standard InChI is InChI=1S/C12H10O5S/c1-17-6-2-3-7-9(4-6)18-5-8(10(7)13)11(14)12(15)16/h2-4,8H,5H2,1H3,(H,15,16). The zero-order valence-corrected chi connectivity index (χ0v) is 10.3. The molecule has 0 fully saturated rings. The number of hydrogen-bond acceptors (Lipinski definition) is 5. The number of benzene rings is 1. The summed E-state index contributed by atoms with van der Waals surface area (Å²) in [6, 6.07) is 4.88. The second-order valence-electron chi connectivity index (χ2n) is 3.76. The zero-order valence-electron chi connectivity index (χ0n) is 9.50. The van der Waals surface area contributed by atoms with Crippen LogP contribution >= 0.6 is 11.8 Å². The monoisotopic (exact) mass is 266 g/mol. The van der Waals surface area contributed by atoms with E-state index in [4.69, 9.17) is 9.84 Å². The Hall–Kier alpha value is -1.82. The van der Waals surface area contributed by atoms with Crippen molar-refractivity contribution in [2.75, 3.05) is 12.9 Å². The molecule has 1 unspecified atom stereocenters. The molecule has 6 heteroatoms. The summed E-state index contributed by atoms with van der Waals surface area (Å²) < 4.78 is 5.04. The number of carboxylic acid groups (broad SMARTS) is 1. The van der Waals surface area contributed by atoms with Gasteiger partial charge in [-0.05, 0) is 18.2 Å². The quantitative estimate of drug-likeness (QED) is 0.655. The first-order chi connectivity index (χ1) is 8.54. The lowest BCUT2D eigenvalue weighted by atomic mass is 9.94. The van der Waals surface area contributed by atoms with E-state index in [1.807, 2.05) is 0 Å². The van der Waals surface area contributed by atoms with Crippen molar-refractivity contribution in [2.45, 2.75) is 4.90 Å². The number of thioether (sulfide) groups is 1. The van der Waals surface area contributed by atoms with E-state index in [-0.39, 0.29) is 5.75 Å². The van der Waals surface area contributed by atoms with Crippen LogP contribution in [0, 0.1) is 5.92 Å². The van der Waals surface area contributed by atoms with Gasteiger partial charge in [-0.3, -0.25) is 9.59 Å². The van der Waals surface area contributed by atoms with Crippen LogP contribution in [0.3, 0.4) is 0 Å². The Morgan fingerprint density at radius 1 is 1.44 bits per heavy atom. The summed E-state index contributed by atoms with van der Waals surface area (Å²) >= 11 is 1.29. The molecule has 1 heterocycles. The molecule has 1 aromatic rings. The van der Waals surface area contributed by atoms with Crippen molar-refractivity contribution < 1.29 is 24.2 Å². The summed E-state index contributed by atoms with van der Waals surface area (Å²) in [4.78, 5) is 34.7. The Bertz CT molecular complexity index is 537. The molecule has 18 heavy (non-hydrogen) atoms. The van der Waals surface area contributed by atoms with Crippen LogP contribution in [0.25, 0.3) is 0 Å². The molecule has 0 aromatic heterocycles. The minimum atomic E-state index is -1.56. The summed E-state index contributed by atoms with van der Waals surface area (Å²) in [6.45, 7) is 0. The maximum atomic E-state index is 12.0. The molecule has 0 saturated heterocycles. The lowest BCUT2D eigenvalue weighted by Crippen LogP contribution is -2.34. The van der Waals surface area contributed by atoms with Crippen LogP contribution in [0.1, 0.15) is 10.4 Å². The van der Waals surface area contributed by atoms with E-state index in [1.54, 1.807) is 18.2 Å². The number of ketones is 2. The fourth-order valence-corrected chi connectivity index (χ4v) is 2.91. The van der Waals surface area contributed by atoms with Crippen LogP contribution in [0.4, 0.5) is 0 Å². The van der Waals surface area contributed by atoms with Gasteiger partial charge in [0.15, 0.2) is 5.78 Å². The molecular formula is C12H10O5S. The number of ether oxygens (including phenoxy) is 1. The van der Waals surface area contributed by atoms with E-state index in [0.29, 0.717) is 16.2 Å². The van der Waals surface area contributed by atoms with Crippen LogP contribution in [0.15, 0.2) is 23.1 Å². The van der Waals surface area contributed by atoms with Gasteiger partial charge in [0.1, 0.15) is 11.7 Å². The van der Waals surface area contributed by atoms with Crippen molar-refractivity contribution in [3.63, 3.8) is 0 Å². The van der Waals surface area contributed by atoms with E-state index in [2.05, 4.69) is 0 Å². The Labute approximate surface area is 107 Å². The second-order valence-corrected chi connectivity index (χ2v) is 4.82. The highest BCUT2D eigenvalue weighted by molar-refractivity contribution is 7.99. The molecule has 1 atom stereocenters. The maximum Gasteiger partial charge on any atom is 0.372 e. The number of carbonyl (C=O) groups excluding carboxylic acids is 2. The smallest absolute Gasteiger partial charge is 0.372 e. The highest BCUT2D eigenvalue weighted by Gasteiger charge is 2.36. The van der Waals surface area contributed by atoms with E-state index in [1.165, 1.54) is 18.9 Å². The molecule has 2 rings (SSSR count). The first-order valence-corrected chi connectivity index (χ1v) is 6.15. The second kappa shape index (κ2) is 4.81. The number of fused-ring (bicyclic) bond motifs is 1. The highest BCUT2D eigenvalue weighted by atomic mass is 32.2. The van der Waals surface area contributed by atoms with Crippen molar-refractivity contribution >= 4 is 29.3 Å². The number of aliphatic carboxylic acids is 1. The van der Waals surface area contributed by atoms with Crippen molar-refractivity contribution in [1.29, 1.82) is 0 Å². The minimum Gasteiger partial charge on any atom is -0.497 e. The summed E-state index contributed by atoms with van der Waals surface area (Å²) in [7, 11) is 1.52. The molecule has 0 bridgehead atoms. The molecule has 1 aliphatic rings. The van der Waals surface area contributed by atoms with Gasteiger partial charge < -0.3 is 9.84 Å². The highest BCUT2D eigenvalue weighted by Crippen LogP contribution is 2.35. The zero-order chi connectivity index (χ0) is 13.3.